The maximum atomic E-state index is 9.39. The summed E-state index contributed by atoms with van der Waals surface area (Å²) in [6.07, 6.45) is -1.54. The van der Waals surface area contributed by atoms with Crippen LogP contribution in [0.2, 0.25) is 0 Å². The van der Waals surface area contributed by atoms with E-state index in [9.17, 15) is 5.11 Å². The van der Waals surface area contributed by atoms with Crippen LogP contribution in [0.3, 0.4) is 0 Å². The number of aliphatic hydroxyl groups is 3. The van der Waals surface area contributed by atoms with Gasteiger partial charge in [-0.3, -0.25) is 0 Å². The lowest BCUT2D eigenvalue weighted by atomic mass is 9.96. The van der Waals surface area contributed by atoms with E-state index in [1.165, 1.54) is 6.92 Å². The molecular weight excluding hydrogens is 136 g/mol. The smallest absolute Gasteiger partial charge is 0.118 e. The van der Waals surface area contributed by atoms with Crippen molar-refractivity contribution in [1.82, 2.24) is 0 Å². The van der Waals surface area contributed by atoms with Gasteiger partial charge in [0.25, 0.3) is 0 Å². The minimum atomic E-state index is -1.30. The molecule has 4 heteroatoms. The molecule has 0 spiro atoms. The summed E-state index contributed by atoms with van der Waals surface area (Å²) >= 11 is 0. The molecule has 1 aliphatic heterocycles. The minimum absolute atomic E-state index is 0.0955. The zero-order chi connectivity index (χ0) is 7.78. The van der Waals surface area contributed by atoms with E-state index in [0.29, 0.717) is 0 Å². The second kappa shape index (κ2) is 2.47. The monoisotopic (exact) mass is 148 g/mol. The van der Waals surface area contributed by atoms with Crippen LogP contribution >= 0.6 is 0 Å². The third-order valence-corrected chi connectivity index (χ3v) is 1.95. The Kier molecular flexibility index (Phi) is 1.96. The Morgan fingerprint density at radius 1 is 1.70 bits per heavy atom. The van der Waals surface area contributed by atoms with Gasteiger partial charge in [-0.15, -0.1) is 0 Å². The molecule has 0 aliphatic carbocycles. The molecule has 0 aromatic carbocycles. The number of ether oxygens (including phenoxy) is 1. The van der Waals surface area contributed by atoms with Crippen LogP contribution in [0.4, 0.5) is 0 Å². The molecule has 1 aliphatic rings. The third-order valence-electron chi connectivity index (χ3n) is 1.95. The van der Waals surface area contributed by atoms with Crippen LogP contribution in [0.15, 0.2) is 0 Å². The van der Waals surface area contributed by atoms with Gasteiger partial charge in [-0.1, -0.05) is 0 Å². The van der Waals surface area contributed by atoms with Gasteiger partial charge < -0.3 is 20.1 Å². The summed E-state index contributed by atoms with van der Waals surface area (Å²) in [5.41, 5.74) is -1.30. The Morgan fingerprint density at radius 3 is 2.50 bits per heavy atom. The molecule has 4 nitrogen and oxygen atoms in total. The normalized spacial score (nSPS) is 48.0. The lowest BCUT2D eigenvalue weighted by Crippen LogP contribution is -2.45. The first-order chi connectivity index (χ1) is 4.59. The molecule has 3 N–H and O–H groups in total. The predicted octanol–water partition coefficient (Wildman–Crippen LogP) is -1.51. The molecule has 0 radical (unpaired) electrons. The molecular formula is C6H12O4. The van der Waals surface area contributed by atoms with Gasteiger partial charge in [0.2, 0.25) is 0 Å². The van der Waals surface area contributed by atoms with Gasteiger partial charge in [0, 0.05) is 0 Å². The summed E-state index contributed by atoms with van der Waals surface area (Å²) in [6, 6.07) is 0. The number of rotatable bonds is 1. The number of hydrogen-bond donors (Lipinski definition) is 3. The van der Waals surface area contributed by atoms with E-state index in [2.05, 4.69) is 0 Å². The average molecular weight is 148 g/mol. The van der Waals surface area contributed by atoms with Gasteiger partial charge in [-0.2, -0.15) is 0 Å². The number of hydrogen-bond acceptors (Lipinski definition) is 4. The van der Waals surface area contributed by atoms with E-state index in [4.69, 9.17) is 14.9 Å². The highest BCUT2D eigenvalue weighted by molar-refractivity contribution is 4.94. The zero-order valence-corrected chi connectivity index (χ0v) is 5.82. The van der Waals surface area contributed by atoms with Crippen molar-refractivity contribution >= 4 is 0 Å². The van der Waals surface area contributed by atoms with Crippen molar-refractivity contribution in [3.05, 3.63) is 0 Å². The van der Waals surface area contributed by atoms with Crippen LogP contribution in [0, 0.1) is 0 Å². The first-order valence-electron chi connectivity index (χ1n) is 3.22. The molecule has 60 valence electrons. The number of aliphatic hydroxyl groups excluding tert-OH is 2. The van der Waals surface area contributed by atoms with Crippen molar-refractivity contribution in [1.29, 1.82) is 0 Å². The summed E-state index contributed by atoms with van der Waals surface area (Å²) in [5, 5.41) is 27.1. The van der Waals surface area contributed by atoms with Crippen molar-refractivity contribution in [2.75, 3.05) is 13.2 Å². The molecule has 0 saturated carbocycles. The topological polar surface area (TPSA) is 69.9 Å². The molecule has 0 aromatic heterocycles. The second-order valence-electron chi connectivity index (χ2n) is 2.75. The summed E-state index contributed by atoms with van der Waals surface area (Å²) in [7, 11) is 0. The molecule has 10 heavy (non-hydrogen) atoms. The first-order valence-corrected chi connectivity index (χ1v) is 3.22. The van der Waals surface area contributed by atoms with Gasteiger partial charge in [-0.05, 0) is 6.92 Å². The van der Waals surface area contributed by atoms with E-state index in [-0.39, 0.29) is 13.2 Å². The van der Waals surface area contributed by atoms with E-state index < -0.39 is 17.8 Å². The maximum Gasteiger partial charge on any atom is 0.118 e. The molecule has 3 atom stereocenters. The minimum Gasteiger partial charge on any atom is -0.394 e. The highest BCUT2D eigenvalue weighted by Gasteiger charge is 2.45. The lowest BCUT2D eigenvalue weighted by molar-refractivity contribution is -0.0789. The quantitative estimate of drug-likeness (QED) is 0.423. The Hall–Kier alpha value is -0.160. The van der Waals surface area contributed by atoms with Crippen molar-refractivity contribution in [3.8, 4) is 0 Å². The van der Waals surface area contributed by atoms with Crippen LogP contribution in [0.1, 0.15) is 6.92 Å². The Morgan fingerprint density at radius 2 is 2.30 bits per heavy atom. The maximum absolute atomic E-state index is 9.39. The van der Waals surface area contributed by atoms with Gasteiger partial charge in [0.05, 0.1) is 13.2 Å². The van der Waals surface area contributed by atoms with Crippen LogP contribution in [0.5, 0.6) is 0 Å². The van der Waals surface area contributed by atoms with Gasteiger partial charge >= 0.3 is 0 Å². The van der Waals surface area contributed by atoms with Crippen LogP contribution < -0.4 is 0 Å². The summed E-state index contributed by atoms with van der Waals surface area (Å²) in [6.45, 7) is 1.29. The molecule has 1 fully saturated rings. The fourth-order valence-electron chi connectivity index (χ4n) is 0.997. The van der Waals surface area contributed by atoms with E-state index >= 15 is 0 Å². The van der Waals surface area contributed by atoms with Crippen LogP contribution in [-0.4, -0.2) is 46.3 Å². The summed E-state index contributed by atoms with van der Waals surface area (Å²) in [4.78, 5) is 0. The van der Waals surface area contributed by atoms with E-state index in [1.54, 1.807) is 0 Å². The standard InChI is InChI=1S/C6H12O4/c1-6(9)4(8)3-10-5(6)2-7/h4-5,7-9H,2-3H2,1H3. The largest absolute Gasteiger partial charge is 0.394 e. The third kappa shape index (κ3) is 1.03. The van der Waals surface area contributed by atoms with Crippen LogP contribution in [-0.2, 0) is 4.74 Å². The summed E-state index contributed by atoms with van der Waals surface area (Å²) < 4.78 is 4.88. The van der Waals surface area contributed by atoms with E-state index in [0.717, 1.165) is 0 Å². The Labute approximate surface area is 59.1 Å². The van der Waals surface area contributed by atoms with E-state index in [1.807, 2.05) is 0 Å². The molecule has 0 aromatic rings. The van der Waals surface area contributed by atoms with Gasteiger partial charge in [-0.25, -0.2) is 0 Å². The molecule has 1 saturated heterocycles. The highest BCUT2D eigenvalue weighted by atomic mass is 16.5. The first kappa shape index (κ1) is 7.94. The Balaban J connectivity index is 2.64. The fourth-order valence-corrected chi connectivity index (χ4v) is 0.997. The average Bonchev–Trinajstić information content (AvgIpc) is 2.10. The van der Waals surface area contributed by atoms with Gasteiger partial charge in [0.1, 0.15) is 17.8 Å². The lowest BCUT2D eigenvalue weighted by Gasteiger charge is -2.24. The molecule has 0 bridgehead atoms. The molecule has 3 unspecified atom stereocenters. The Bertz CT molecular complexity index is 123. The van der Waals surface area contributed by atoms with Crippen LogP contribution in [0.25, 0.3) is 0 Å². The van der Waals surface area contributed by atoms with Gasteiger partial charge in [0.15, 0.2) is 0 Å². The van der Waals surface area contributed by atoms with Crippen molar-refractivity contribution < 1.29 is 20.1 Å². The second-order valence-corrected chi connectivity index (χ2v) is 2.75. The summed E-state index contributed by atoms with van der Waals surface area (Å²) in [5.74, 6) is 0. The predicted molar refractivity (Wildman–Crippen MR) is 33.5 cm³/mol. The molecule has 1 heterocycles. The zero-order valence-electron chi connectivity index (χ0n) is 5.82. The molecule has 0 amide bonds. The highest BCUT2D eigenvalue weighted by Crippen LogP contribution is 2.24. The van der Waals surface area contributed by atoms with Crippen molar-refractivity contribution in [2.45, 2.75) is 24.7 Å². The van der Waals surface area contributed by atoms with Crippen molar-refractivity contribution in [3.63, 3.8) is 0 Å². The molecule has 1 rings (SSSR count). The fraction of sp³-hybridized carbons (Fsp3) is 1.00. The SMILES string of the molecule is CC1(O)C(O)COC1CO. The van der Waals surface area contributed by atoms with Crippen molar-refractivity contribution in [2.24, 2.45) is 0 Å².